The molecule has 0 amide bonds. The first-order valence-corrected chi connectivity index (χ1v) is 7.75. The summed E-state index contributed by atoms with van der Waals surface area (Å²) in [7, 11) is 2.76. The summed E-state index contributed by atoms with van der Waals surface area (Å²) in [6.45, 7) is 1.79. The van der Waals surface area contributed by atoms with Crippen molar-refractivity contribution in [3.05, 3.63) is 52.6 Å². The Morgan fingerprint density at radius 1 is 1.00 bits per heavy atom. The van der Waals surface area contributed by atoms with Gasteiger partial charge in [0, 0.05) is 11.6 Å². The lowest BCUT2D eigenvalue weighted by molar-refractivity contribution is -0.139. The number of esters is 1. The van der Waals surface area contributed by atoms with Gasteiger partial charge in [-0.3, -0.25) is 9.59 Å². The summed E-state index contributed by atoms with van der Waals surface area (Å²) in [4.78, 5) is 24.7. The number of carbonyl (C=O) groups is 2. The molecule has 0 fully saturated rings. The van der Waals surface area contributed by atoms with Crippen LogP contribution in [0.1, 0.15) is 34.0 Å². The quantitative estimate of drug-likeness (QED) is 0.618. The summed E-state index contributed by atoms with van der Waals surface area (Å²) >= 11 is 0. The molecular weight excluding hydrogens is 324 g/mol. The van der Waals surface area contributed by atoms with Crippen molar-refractivity contribution >= 4 is 11.8 Å². The maximum absolute atomic E-state index is 12.9. The molecule has 25 heavy (non-hydrogen) atoms. The molecule has 0 atom stereocenters. The van der Waals surface area contributed by atoms with Crippen LogP contribution in [0.4, 0.5) is 0 Å². The van der Waals surface area contributed by atoms with E-state index in [4.69, 9.17) is 4.74 Å². The van der Waals surface area contributed by atoms with Crippen LogP contribution in [0.3, 0.4) is 0 Å². The van der Waals surface area contributed by atoms with Crippen molar-refractivity contribution in [3.63, 3.8) is 0 Å². The zero-order valence-corrected chi connectivity index (χ0v) is 14.3. The number of methoxy groups -OCH3 is 2. The van der Waals surface area contributed by atoms with Crippen LogP contribution in [0, 0.1) is 0 Å². The fourth-order valence-corrected chi connectivity index (χ4v) is 2.70. The minimum atomic E-state index is -0.566. The number of phenolic OH excluding ortho intramolecular Hbond substituents is 2. The van der Waals surface area contributed by atoms with Crippen LogP contribution in [0.25, 0.3) is 0 Å². The maximum atomic E-state index is 12.9. The molecule has 2 rings (SSSR count). The molecule has 6 nitrogen and oxygen atoms in total. The highest BCUT2D eigenvalue weighted by molar-refractivity contribution is 6.12. The normalized spacial score (nSPS) is 10.4. The van der Waals surface area contributed by atoms with E-state index < -0.39 is 11.8 Å². The van der Waals surface area contributed by atoms with Crippen molar-refractivity contribution in [1.82, 2.24) is 0 Å². The average molecular weight is 344 g/mol. The molecule has 0 radical (unpaired) electrons. The Kier molecular flexibility index (Phi) is 5.64. The Morgan fingerprint density at radius 2 is 1.64 bits per heavy atom. The average Bonchev–Trinajstić information content (AvgIpc) is 2.61. The van der Waals surface area contributed by atoms with Crippen molar-refractivity contribution < 1.29 is 29.3 Å². The van der Waals surface area contributed by atoms with Gasteiger partial charge in [0.05, 0.1) is 26.2 Å². The lowest BCUT2D eigenvalue weighted by Crippen LogP contribution is -2.14. The Morgan fingerprint density at radius 3 is 2.16 bits per heavy atom. The van der Waals surface area contributed by atoms with Gasteiger partial charge in [0.25, 0.3) is 0 Å². The molecule has 2 aromatic carbocycles. The third-order valence-electron chi connectivity index (χ3n) is 3.99. The smallest absolute Gasteiger partial charge is 0.310 e. The molecule has 6 heteroatoms. The predicted octanol–water partition coefficient (Wildman–Crippen LogP) is 2.62. The van der Waals surface area contributed by atoms with Crippen molar-refractivity contribution in [2.75, 3.05) is 14.2 Å². The monoisotopic (exact) mass is 344 g/mol. The van der Waals surface area contributed by atoms with Crippen LogP contribution in [0.15, 0.2) is 30.3 Å². The molecule has 0 bridgehead atoms. The first kappa shape index (κ1) is 18.3. The number of phenols is 2. The van der Waals surface area contributed by atoms with E-state index in [0.29, 0.717) is 23.3 Å². The number of carbonyl (C=O) groups excluding carboxylic acids is 2. The van der Waals surface area contributed by atoms with E-state index in [1.165, 1.54) is 14.2 Å². The molecule has 0 unspecified atom stereocenters. The van der Waals surface area contributed by atoms with E-state index in [1.807, 2.05) is 0 Å². The zero-order chi connectivity index (χ0) is 18.6. The van der Waals surface area contributed by atoms with Gasteiger partial charge in [-0.1, -0.05) is 6.92 Å². The highest BCUT2D eigenvalue weighted by Gasteiger charge is 2.25. The fraction of sp³-hybridized carbons (Fsp3) is 0.263. The van der Waals surface area contributed by atoms with Crippen LogP contribution in [0.2, 0.25) is 0 Å². The number of rotatable bonds is 6. The topological polar surface area (TPSA) is 93.1 Å². The van der Waals surface area contributed by atoms with Gasteiger partial charge >= 0.3 is 5.97 Å². The zero-order valence-electron chi connectivity index (χ0n) is 14.3. The Hall–Kier alpha value is -3.02. The van der Waals surface area contributed by atoms with Gasteiger partial charge in [-0.25, -0.2) is 0 Å². The van der Waals surface area contributed by atoms with E-state index in [0.717, 1.165) is 6.07 Å². The highest BCUT2D eigenvalue weighted by Crippen LogP contribution is 2.35. The van der Waals surface area contributed by atoms with Gasteiger partial charge in [0.15, 0.2) is 5.78 Å². The molecule has 0 saturated heterocycles. The Bertz CT molecular complexity index is 793. The second-order valence-corrected chi connectivity index (χ2v) is 5.41. The number of hydrogen-bond donors (Lipinski definition) is 2. The lowest BCUT2D eigenvalue weighted by Gasteiger charge is -2.16. The number of ketones is 1. The standard InChI is InChI=1S/C19H20O6/c1-4-13-14(9-17(22)25-3)18(16(21)10-15(13)20)19(23)11-5-7-12(24-2)8-6-11/h5-8,10,20-21H,4,9H2,1-3H3. The third kappa shape index (κ3) is 3.74. The summed E-state index contributed by atoms with van der Waals surface area (Å²) in [5.74, 6) is -0.965. The number of aromatic hydroxyl groups is 2. The third-order valence-corrected chi connectivity index (χ3v) is 3.99. The number of hydrogen-bond acceptors (Lipinski definition) is 6. The Labute approximate surface area is 145 Å². The SMILES string of the molecule is CCc1c(O)cc(O)c(C(=O)c2ccc(OC)cc2)c1CC(=O)OC. The van der Waals surface area contributed by atoms with E-state index >= 15 is 0 Å². The van der Waals surface area contributed by atoms with Gasteiger partial charge in [-0.15, -0.1) is 0 Å². The van der Waals surface area contributed by atoms with Crippen LogP contribution < -0.4 is 4.74 Å². The molecule has 0 saturated carbocycles. The summed E-state index contributed by atoms with van der Waals surface area (Å²) < 4.78 is 9.74. The van der Waals surface area contributed by atoms with Crippen molar-refractivity contribution in [2.24, 2.45) is 0 Å². The van der Waals surface area contributed by atoms with Crippen molar-refractivity contribution in [2.45, 2.75) is 19.8 Å². The molecular formula is C19H20O6. The molecule has 2 N–H and O–H groups in total. The molecule has 0 aliphatic rings. The molecule has 132 valence electrons. The largest absolute Gasteiger partial charge is 0.508 e. The van der Waals surface area contributed by atoms with E-state index in [-0.39, 0.29) is 29.0 Å². The van der Waals surface area contributed by atoms with Gasteiger partial charge in [0.1, 0.15) is 17.2 Å². The van der Waals surface area contributed by atoms with E-state index in [9.17, 15) is 19.8 Å². The molecule has 2 aromatic rings. The minimum Gasteiger partial charge on any atom is -0.508 e. The van der Waals surface area contributed by atoms with Gasteiger partial charge in [-0.2, -0.15) is 0 Å². The maximum Gasteiger partial charge on any atom is 0.310 e. The fourth-order valence-electron chi connectivity index (χ4n) is 2.70. The summed E-state index contributed by atoms with van der Waals surface area (Å²) in [6.07, 6.45) is 0.167. The van der Waals surface area contributed by atoms with Crippen molar-refractivity contribution in [1.29, 1.82) is 0 Å². The molecule has 0 aliphatic carbocycles. The van der Waals surface area contributed by atoms with E-state index in [1.54, 1.807) is 31.2 Å². The molecule has 0 aliphatic heterocycles. The van der Waals surface area contributed by atoms with Crippen LogP contribution in [-0.2, 0) is 22.4 Å². The second-order valence-electron chi connectivity index (χ2n) is 5.41. The predicted molar refractivity (Wildman–Crippen MR) is 91.3 cm³/mol. The molecule has 0 aromatic heterocycles. The van der Waals surface area contributed by atoms with Crippen LogP contribution >= 0.6 is 0 Å². The van der Waals surface area contributed by atoms with Gasteiger partial charge in [0.2, 0.25) is 0 Å². The first-order valence-electron chi connectivity index (χ1n) is 7.75. The van der Waals surface area contributed by atoms with Gasteiger partial charge in [-0.05, 0) is 41.8 Å². The number of benzene rings is 2. The Balaban J connectivity index is 2.60. The van der Waals surface area contributed by atoms with Crippen molar-refractivity contribution in [3.8, 4) is 17.2 Å². The van der Waals surface area contributed by atoms with Gasteiger partial charge < -0.3 is 19.7 Å². The first-order chi connectivity index (χ1) is 11.9. The summed E-state index contributed by atoms with van der Waals surface area (Å²) in [6, 6.07) is 7.52. The molecule has 0 heterocycles. The summed E-state index contributed by atoms with van der Waals surface area (Å²) in [5.41, 5.74) is 1.02. The number of ether oxygens (including phenoxy) is 2. The summed E-state index contributed by atoms with van der Waals surface area (Å²) in [5, 5.41) is 20.3. The lowest BCUT2D eigenvalue weighted by atomic mass is 9.90. The van der Waals surface area contributed by atoms with E-state index in [2.05, 4.69) is 4.74 Å². The van der Waals surface area contributed by atoms with Crippen LogP contribution in [-0.4, -0.2) is 36.2 Å². The highest BCUT2D eigenvalue weighted by atomic mass is 16.5. The van der Waals surface area contributed by atoms with Crippen LogP contribution in [0.5, 0.6) is 17.2 Å². The molecule has 0 spiro atoms. The second kappa shape index (κ2) is 7.70. The minimum absolute atomic E-state index is 0.00906.